The Morgan fingerprint density at radius 3 is 2.40 bits per heavy atom. The molecule has 82 valence electrons. The van der Waals surface area contributed by atoms with Gasteiger partial charge in [0.1, 0.15) is 5.75 Å². The molecule has 0 heterocycles. The molecule has 0 fully saturated rings. The third kappa shape index (κ3) is 4.02. The van der Waals surface area contributed by atoms with Gasteiger partial charge in [0.25, 0.3) is 0 Å². The van der Waals surface area contributed by atoms with Crippen molar-refractivity contribution >= 4 is 6.09 Å². The number of carbonyl (C=O) groups excluding carboxylic acids is 1. The van der Waals surface area contributed by atoms with E-state index in [0.717, 1.165) is 17.5 Å². The summed E-state index contributed by atoms with van der Waals surface area (Å²) in [5, 5.41) is 2.66. The lowest BCUT2D eigenvalue weighted by Crippen LogP contribution is -2.27. The second-order valence-corrected chi connectivity index (χ2v) is 3.64. The second kappa shape index (κ2) is 5.39. The molecular weight excluding hydrogens is 190 g/mol. The topological polar surface area (TPSA) is 38.3 Å². The molecule has 0 unspecified atom stereocenters. The zero-order chi connectivity index (χ0) is 11.3. The molecule has 1 rings (SSSR count). The van der Waals surface area contributed by atoms with E-state index in [4.69, 9.17) is 4.74 Å². The Labute approximate surface area is 90.4 Å². The Hall–Kier alpha value is -1.51. The van der Waals surface area contributed by atoms with E-state index < -0.39 is 0 Å². The quantitative estimate of drug-likeness (QED) is 0.827. The van der Waals surface area contributed by atoms with Crippen LogP contribution in [-0.2, 0) is 0 Å². The third-order valence-corrected chi connectivity index (χ3v) is 1.93. The zero-order valence-corrected chi connectivity index (χ0v) is 9.46. The van der Waals surface area contributed by atoms with Crippen LogP contribution in [0.1, 0.15) is 24.5 Å². The van der Waals surface area contributed by atoms with Gasteiger partial charge in [0.05, 0.1) is 0 Å². The summed E-state index contributed by atoms with van der Waals surface area (Å²) in [6.07, 6.45) is 0.518. The molecule has 1 amide bonds. The molecule has 0 aliphatic carbocycles. The molecule has 0 bridgehead atoms. The van der Waals surface area contributed by atoms with Crippen LogP contribution < -0.4 is 10.1 Å². The highest BCUT2D eigenvalue weighted by atomic mass is 16.6. The van der Waals surface area contributed by atoms with Crippen molar-refractivity contribution in [2.24, 2.45) is 0 Å². The van der Waals surface area contributed by atoms with Gasteiger partial charge < -0.3 is 10.1 Å². The monoisotopic (exact) mass is 207 g/mol. The molecule has 0 saturated heterocycles. The molecule has 1 aromatic carbocycles. The fraction of sp³-hybridized carbons (Fsp3) is 0.417. The average Bonchev–Trinajstić information content (AvgIpc) is 2.13. The van der Waals surface area contributed by atoms with E-state index in [1.165, 1.54) is 0 Å². The summed E-state index contributed by atoms with van der Waals surface area (Å²) in [4.78, 5) is 11.3. The lowest BCUT2D eigenvalue weighted by atomic mass is 10.1. The van der Waals surface area contributed by atoms with E-state index >= 15 is 0 Å². The van der Waals surface area contributed by atoms with Crippen LogP contribution in [0.2, 0.25) is 0 Å². The van der Waals surface area contributed by atoms with Crippen molar-refractivity contribution in [2.45, 2.75) is 27.2 Å². The summed E-state index contributed by atoms with van der Waals surface area (Å²) in [5.41, 5.74) is 2.18. The number of hydrogen-bond acceptors (Lipinski definition) is 2. The minimum atomic E-state index is -0.387. The maximum Gasteiger partial charge on any atom is 0.412 e. The van der Waals surface area contributed by atoms with E-state index in [9.17, 15) is 4.79 Å². The van der Waals surface area contributed by atoms with Crippen molar-refractivity contribution in [3.05, 3.63) is 29.3 Å². The van der Waals surface area contributed by atoms with Crippen molar-refractivity contribution < 1.29 is 9.53 Å². The van der Waals surface area contributed by atoms with E-state index in [0.29, 0.717) is 12.3 Å². The van der Waals surface area contributed by atoms with E-state index in [1.807, 2.05) is 39.0 Å². The summed E-state index contributed by atoms with van der Waals surface area (Å²) >= 11 is 0. The fourth-order valence-electron chi connectivity index (χ4n) is 1.36. The average molecular weight is 207 g/mol. The molecule has 3 heteroatoms. The van der Waals surface area contributed by atoms with Crippen LogP contribution in [0.25, 0.3) is 0 Å². The Kier molecular flexibility index (Phi) is 4.16. The molecule has 3 nitrogen and oxygen atoms in total. The molecular formula is C12H17NO2. The second-order valence-electron chi connectivity index (χ2n) is 3.64. The van der Waals surface area contributed by atoms with Crippen molar-refractivity contribution in [2.75, 3.05) is 6.54 Å². The smallest absolute Gasteiger partial charge is 0.410 e. The maximum absolute atomic E-state index is 11.3. The number of amides is 1. The molecule has 0 radical (unpaired) electrons. The highest BCUT2D eigenvalue weighted by molar-refractivity contribution is 5.70. The van der Waals surface area contributed by atoms with Gasteiger partial charge in [-0.1, -0.05) is 13.0 Å². The molecule has 0 spiro atoms. The number of rotatable bonds is 3. The minimum absolute atomic E-state index is 0.387. The molecule has 0 aliphatic heterocycles. The van der Waals surface area contributed by atoms with Gasteiger partial charge in [0, 0.05) is 6.54 Å². The van der Waals surface area contributed by atoms with Gasteiger partial charge >= 0.3 is 6.09 Å². The first-order chi connectivity index (χ1) is 7.11. The van der Waals surface area contributed by atoms with Crippen LogP contribution >= 0.6 is 0 Å². The van der Waals surface area contributed by atoms with Gasteiger partial charge in [-0.05, 0) is 43.5 Å². The SMILES string of the molecule is CCCNC(=O)Oc1cc(C)cc(C)c1. The van der Waals surface area contributed by atoms with Gasteiger partial charge in [0.2, 0.25) is 0 Å². The first-order valence-electron chi connectivity index (χ1n) is 5.16. The molecule has 0 aliphatic rings. The largest absolute Gasteiger partial charge is 0.412 e. The lowest BCUT2D eigenvalue weighted by Gasteiger charge is -2.07. The van der Waals surface area contributed by atoms with Gasteiger partial charge in [-0.2, -0.15) is 0 Å². The molecule has 0 atom stereocenters. The molecule has 0 saturated carbocycles. The summed E-state index contributed by atoms with van der Waals surface area (Å²) in [7, 11) is 0. The molecule has 1 N–H and O–H groups in total. The summed E-state index contributed by atoms with van der Waals surface area (Å²) in [5.74, 6) is 0.598. The standard InChI is InChI=1S/C12H17NO2/c1-4-5-13-12(14)15-11-7-9(2)6-10(3)8-11/h6-8H,4-5H2,1-3H3,(H,13,14). The Balaban J connectivity index is 2.60. The summed E-state index contributed by atoms with van der Waals surface area (Å²) in [6, 6.07) is 5.73. The predicted octanol–water partition coefficient (Wildman–Crippen LogP) is 2.80. The highest BCUT2D eigenvalue weighted by Gasteiger charge is 2.03. The van der Waals surface area contributed by atoms with E-state index in [-0.39, 0.29) is 6.09 Å². The maximum atomic E-state index is 11.3. The fourth-order valence-corrected chi connectivity index (χ4v) is 1.36. The van der Waals surface area contributed by atoms with Gasteiger partial charge in [0.15, 0.2) is 0 Å². The van der Waals surface area contributed by atoms with Crippen LogP contribution in [0.4, 0.5) is 4.79 Å². The van der Waals surface area contributed by atoms with Crippen LogP contribution in [-0.4, -0.2) is 12.6 Å². The number of hydrogen-bond donors (Lipinski definition) is 1. The Morgan fingerprint density at radius 1 is 1.27 bits per heavy atom. The summed E-state index contributed by atoms with van der Waals surface area (Å²) < 4.78 is 5.13. The number of nitrogens with one attached hydrogen (secondary N) is 1. The zero-order valence-electron chi connectivity index (χ0n) is 9.46. The minimum Gasteiger partial charge on any atom is -0.410 e. The first kappa shape index (κ1) is 11.6. The number of aryl methyl sites for hydroxylation is 2. The highest BCUT2D eigenvalue weighted by Crippen LogP contribution is 2.16. The van der Waals surface area contributed by atoms with Gasteiger partial charge in [-0.25, -0.2) is 4.79 Å². The van der Waals surface area contributed by atoms with Crippen molar-refractivity contribution in [1.29, 1.82) is 0 Å². The van der Waals surface area contributed by atoms with Crippen LogP contribution in [0.3, 0.4) is 0 Å². The van der Waals surface area contributed by atoms with Crippen molar-refractivity contribution in [3.63, 3.8) is 0 Å². The Bertz CT molecular complexity index is 327. The molecule has 15 heavy (non-hydrogen) atoms. The first-order valence-corrected chi connectivity index (χ1v) is 5.16. The number of benzene rings is 1. The van der Waals surface area contributed by atoms with Gasteiger partial charge in [-0.15, -0.1) is 0 Å². The van der Waals surface area contributed by atoms with Crippen molar-refractivity contribution in [1.82, 2.24) is 5.32 Å². The van der Waals surface area contributed by atoms with Crippen LogP contribution in [0, 0.1) is 13.8 Å². The summed E-state index contributed by atoms with van der Waals surface area (Å²) in [6.45, 7) is 6.59. The van der Waals surface area contributed by atoms with Crippen LogP contribution in [0.5, 0.6) is 5.75 Å². The predicted molar refractivity (Wildman–Crippen MR) is 60.2 cm³/mol. The van der Waals surface area contributed by atoms with Crippen LogP contribution in [0.15, 0.2) is 18.2 Å². The number of carbonyl (C=O) groups is 1. The van der Waals surface area contributed by atoms with Crippen molar-refractivity contribution in [3.8, 4) is 5.75 Å². The number of ether oxygens (including phenoxy) is 1. The normalized spacial score (nSPS) is 9.80. The van der Waals surface area contributed by atoms with Gasteiger partial charge in [-0.3, -0.25) is 0 Å². The molecule has 1 aromatic rings. The van der Waals surface area contributed by atoms with E-state index in [2.05, 4.69) is 5.32 Å². The lowest BCUT2D eigenvalue weighted by molar-refractivity contribution is 0.200. The molecule has 0 aromatic heterocycles. The third-order valence-electron chi connectivity index (χ3n) is 1.93. The Morgan fingerprint density at radius 2 is 1.87 bits per heavy atom. The van der Waals surface area contributed by atoms with E-state index in [1.54, 1.807) is 0 Å².